The van der Waals surface area contributed by atoms with Crippen LogP contribution in [0.2, 0.25) is 0 Å². The van der Waals surface area contributed by atoms with Gasteiger partial charge in [0.05, 0.1) is 10.8 Å². The van der Waals surface area contributed by atoms with Crippen molar-refractivity contribution in [2.75, 3.05) is 5.32 Å². The van der Waals surface area contributed by atoms with E-state index < -0.39 is 5.41 Å². The van der Waals surface area contributed by atoms with Gasteiger partial charge in [-0.05, 0) is 71.3 Å². The molecule has 1 aliphatic heterocycles. The van der Waals surface area contributed by atoms with E-state index in [0.717, 1.165) is 22.4 Å². The largest absolute Gasteiger partial charge is 0.325 e. The molecule has 3 rings (SSSR count). The minimum Gasteiger partial charge on any atom is -0.325 e. The van der Waals surface area contributed by atoms with Crippen LogP contribution < -0.4 is 5.32 Å². The van der Waals surface area contributed by atoms with Crippen LogP contribution in [0.1, 0.15) is 35.9 Å². The molecule has 1 atom stereocenters. The molecule has 0 fully saturated rings. The van der Waals surface area contributed by atoms with E-state index in [1.54, 1.807) is 0 Å². The molecule has 1 amide bonds. The quantitative estimate of drug-likeness (QED) is 0.555. The van der Waals surface area contributed by atoms with E-state index in [9.17, 15) is 4.79 Å². The fraction of sp³-hybridized carbons (Fsp3) is 0.235. The molecule has 108 valence electrons. The maximum Gasteiger partial charge on any atom is 0.234 e. The number of hydrogen-bond acceptors (Lipinski definition) is 1. The third-order valence-electron chi connectivity index (χ3n) is 3.99. The number of hydrogen-bond donors (Lipinski definition) is 1. The Morgan fingerprint density at radius 3 is 2.38 bits per heavy atom. The summed E-state index contributed by atoms with van der Waals surface area (Å²) in [4.78, 5) is 12.0. The summed E-state index contributed by atoms with van der Waals surface area (Å²) in [6.45, 7) is 3.87. The lowest BCUT2D eigenvalue weighted by Gasteiger charge is -2.17. The van der Waals surface area contributed by atoms with Gasteiger partial charge >= 0.3 is 0 Å². The van der Waals surface area contributed by atoms with E-state index in [1.807, 2.05) is 56.3 Å². The molecule has 1 aliphatic rings. The lowest BCUT2D eigenvalue weighted by atomic mass is 9.85. The monoisotopic (exact) mass is 411 g/mol. The Balaban J connectivity index is 2.00. The number of carbonyl (C=O) groups is 1. The third-order valence-corrected chi connectivity index (χ3v) is 5.21. The molecule has 2 aromatic rings. The second-order valence-electron chi connectivity index (χ2n) is 5.80. The summed E-state index contributed by atoms with van der Waals surface area (Å²) in [6, 6.07) is 14.2. The average molecular weight is 412 g/mol. The zero-order chi connectivity index (χ0) is 15.2. The molecule has 21 heavy (non-hydrogen) atoms. The van der Waals surface area contributed by atoms with Crippen LogP contribution in [0.5, 0.6) is 0 Å². The van der Waals surface area contributed by atoms with E-state index in [-0.39, 0.29) is 11.3 Å². The van der Waals surface area contributed by atoms with Gasteiger partial charge in [0.1, 0.15) is 0 Å². The van der Waals surface area contributed by atoms with Gasteiger partial charge in [-0.15, -0.1) is 11.6 Å². The van der Waals surface area contributed by atoms with Crippen LogP contribution in [0.25, 0.3) is 0 Å². The van der Waals surface area contributed by atoms with Crippen molar-refractivity contribution >= 4 is 45.8 Å². The topological polar surface area (TPSA) is 29.1 Å². The van der Waals surface area contributed by atoms with Crippen LogP contribution in [0.3, 0.4) is 0 Å². The highest BCUT2D eigenvalue weighted by atomic mass is 127. The summed E-state index contributed by atoms with van der Waals surface area (Å²) in [5, 5.41) is 2.71. The summed E-state index contributed by atoms with van der Waals surface area (Å²) in [5.41, 5.74) is 3.48. The van der Waals surface area contributed by atoms with Crippen LogP contribution in [0.15, 0.2) is 42.5 Å². The zero-order valence-corrected chi connectivity index (χ0v) is 14.7. The van der Waals surface area contributed by atoms with Crippen LogP contribution in [0, 0.1) is 3.57 Å². The summed E-state index contributed by atoms with van der Waals surface area (Å²) in [7, 11) is 0. The molecule has 1 N–H and O–H groups in total. The fourth-order valence-electron chi connectivity index (χ4n) is 2.57. The highest BCUT2D eigenvalue weighted by Crippen LogP contribution is 2.40. The van der Waals surface area contributed by atoms with Crippen molar-refractivity contribution in [1.29, 1.82) is 0 Å². The molecule has 0 radical (unpaired) electrons. The molecule has 0 bridgehead atoms. The molecule has 4 heteroatoms. The summed E-state index contributed by atoms with van der Waals surface area (Å²) < 4.78 is 1.19. The predicted octanol–water partition coefficient (Wildman–Crippen LogP) is 4.85. The number of amides is 1. The van der Waals surface area contributed by atoms with E-state index in [2.05, 4.69) is 27.9 Å². The molecule has 2 aromatic carbocycles. The molecular weight excluding hydrogens is 397 g/mol. The number of fused-ring (bicyclic) bond motifs is 1. The highest BCUT2D eigenvalue weighted by molar-refractivity contribution is 14.1. The van der Waals surface area contributed by atoms with Gasteiger partial charge in [0, 0.05) is 9.26 Å². The molecule has 1 unspecified atom stereocenters. The minimum absolute atomic E-state index is 0.0371. The van der Waals surface area contributed by atoms with Crippen molar-refractivity contribution in [3.8, 4) is 0 Å². The maximum absolute atomic E-state index is 12.0. The van der Waals surface area contributed by atoms with E-state index in [4.69, 9.17) is 11.6 Å². The lowest BCUT2D eigenvalue weighted by molar-refractivity contribution is -0.119. The van der Waals surface area contributed by atoms with Crippen molar-refractivity contribution in [1.82, 2.24) is 0 Å². The van der Waals surface area contributed by atoms with Crippen molar-refractivity contribution < 1.29 is 4.79 Å². The first-order valence-corrected chi connectivity index (χ1v) is 8.26. The molecule has 0 spiro atoms. The van der Waals surface area contributed by atoms with E-state index in [1.165, 1.54) is 3.57 Å². The lowest BCUT2D eigenvalue weighted by Crippen LogP contribution is -2.26. The predicted molar refractivity (Wildman–Crippen MR) is 95.0 cm³/mol. The Bertz CT molecular complexity index is 709. The number of rotatable bonds is 2. The molecule has 0 saturated heterocycles. The fourth-order valence-corrected chi connectivity index (χ4v) is 3.21. The van der Waals surface area contributed by atoms with Gasteiger partial charge < -0.3 is 5.32 Å². The Morgan fingerprint density at radius 2 is 1.71 bits per heavy atom. The summed E-state index contributed by atoms with van der Waals surface area (Å²) in [6.07, 6.45) is 0. The Labute approximate surface area is 143 Å². The highest BCUT2D eigenvalue weighted by Gasteiger charge is 2.38. The van der Waals surface area contributed by atoms with Crippen molar-refractivity contribution in [2.45, 2.75) is 24.6 Å². The zero-order valence-electron chi connectivity index (χ0n) is 11.8. The van der Waals surface area contributed by atoms with Gasteiger partial charge in [-0.25, -0.2) is 0 Å². The molecule has 0 aliphatic carbocycles. The number of anilines is 1. The SMILES string of the molecule is CC1(C)C(=O)Nc2ccc(C(Cl)c3ccc(I)cc3)cc21. The van der Waals surface area contributed by atoms with Crippen LogP contribution in [-0.2, 0) is 10.2 Å². The molecule has 1 heterocycles. The first kappa shape index (κ1) is 14.9. The van der Waals surface area contributed by atoms with Gasteiger partial charge in [0.15, 0.2) is 0 Å². The van der Waals surface area contributed by atoms with Gasteiger partial charge in [-0.2, -0.15) is 0 Å². The van der Waals surface area contributed by atoms with Crippen molar-refractivity contribution in [3.05, 3.63) is 62.7 Å². The standard InChI is InChI=1S/C17H15ClINO/c1-17(2)13-9-11(5-8-14(13)20-16(17)21)15(18)10-3-6-12(19)7-4-10/h3-9,15H,1-2H3,(H,20,21). The van der Waals surface area contributed by atoms with E-state index in [0.29, 0.717) is 0 Å². The smallest absolute Gasteiger partial charge is 0.234 e. The van der Waals surface area contributed by atoms with Crippen LogP contribution in [-0.4, -0.2) is 5.91 Å². The Morgan fingerprint density at radius 1 is 1.10 bits per heavy atom. The van der Waals surface area contributed by atoms with Gasteiger partial charge in [-0.3, -0.25) is 4.79 Å². The maximum atomic E-state index is 12.0. The second kappa shape index (κ2) is 5.29. The first-order chi connectivity index (χ1) is 9.89. The molecular formula is C17H15ClINO. The van der Waals surface area contributed by atoms with Crippen LogP contribution in [0.4, 0.5) is 5.69 Å². The molecule has 2 nitrogen and oxygen atoms in total. The Hall–Kier alpha value is -1.07. The molecule has 0 saturated carbocycles. The number of nitrogens with one attached hydrogen (secondary N) is 1. The van der Waals surface area contributed by atoms with Crippen molar-refractivity contribution in [2.24, 2.45) is 0 Å². The number of benzene rings is 2. The second-order valence-corrected chi connectivity index (χ2v) is 7.48. The van der Waals surface area contributed by atoms with Crippen molar-refractivity contribution in [3.63, 3.8) is 0 Å². The number of halogens is 2. The van der Waals surface area contributed by atoms with Gasteiger partial charge in [0.25, 0.3) is 0 Å². The Kier molecular flexibility index (Phi) is 3.74. The van der Waals surface area contributed by atoms with Gasteiger partial charge in [0.2, 0.25) is 5.91 Å². The average Bonchev–Trinajstić information content (AvgIpc) is 2.69. The summed E-state index contributed by atoms with van der Waals surface area (Å²) in [5.74, 6) is 0.0371. The molecule has 0 aromatic heterocycles. The third kappa shape index (κ3) is 2.57. The first-order valence-electron chi connectivity index (χ1n) is 6.75. The van der Waals surface area contributed by atoms with Crippen LogP contribution >= 0.6 is 34.2 Å². The normalized spacial score (nSPS) is 17.2. The van der Waals surface area contributed by atoms with Gasteiger partial charge in [-0.1, -0.05) is 24.3 Å². The number of alkyl halides is 1. The summed E-state index contributed by atoms with van der Waals surface area (Å²) >= 11 is 8.88. The minimum atomic E-state index is -0.506. The van der Waals surface area contributed by atoms with E-state index >= 15 is 0 Å². The number of carbonyl (C=O) groups excluding carboxylic acids is 1.